The van der Waals surface area contributed by atoms with Crippen molar-refractivity contribution < 1.29 is 14.1 Å². The predicted octanol–water partition coefficient (Wildman–Crippen LogP) is 6.04. The van der Waals surface area contributed by atoms with Crippen LogP contribution in [0.4, 0.5) is 5.69 Å². The summed E-state index contributed by atoms with van der Waals surface area (Å²) in [4.78, 5) is 29.1. The molecule has 0 aliphatic heterocycles. The van der Waals surface area contributed by atoms with E-state index in [1.165, 1.54) is 18.3 Å². The molecule has 0 radical (unpaired) electrons. The SMILES string of the molecule is CC(C)Oc1ccc(C=Nn2c(-c3cc4cc(Cl)ccc4o3)nc3ccccc3c2=O)cc1[N+](=O)[O-]. The number of halogens is 1. The van der Waals surface area contributed by atoms with E-state index < -0.39 is 10.5 Å². The number of hydrogen-bond acceptors (Lipinski definition) is 7. The number of rotatable bonds is 6. The van der Waals surface area contributed by atoms with Crippen LogP contribution in [0.2, 0.25) is 5.02 Å². The van der Waals surface area contributed by atoms with E-state index in [9.17, 15) is 14.9 Å². The predicted molar refractivity (Wildman–Crippen MR) is 138 cm³/mol. The second kappa shape index (κ2) is 9.27. The van der Waals surface area contributed by atoms with Crippen LogP contribution in [-0.2, 0) is 0 Å². The first-order valence-electron chi connectivity index (χ1n) is 11.0. The number of para-hydroxylation sites is 1. The van der Waals surface area contributed by atoms with Crippen molar-refractivity contribution in [2.24, 2.45) is 5.10 Å². The van der Waals surface area contributed by atoms with Crippen molar-refractivity contribution >= 4 is 45.4 Å². The van der Waals surface area contributed by atoms with E-state index in [-0.39, 0.29) is 23.4 Å². The molecule has 2 heterocycles. The third-order valence-electron chi connectivity index (χ3n) is 5.32. The number of benzene rings is 3. The van der Waals surface area contributed by atoms with Gasteiger partial charge in [0, 0.05) is 22.0 Å². The van der Waals surface area contributed by atoms with Gasteiger partial charge in [-0.2, -0.15) is 9.78 Å². The standard InChI is InChI=1S/C26H19ClN4O5/c1-15(2)35-23-9-7-16(11-21(23)31(33)34)14-28-30-25(29-20-6-4-3-5-19(20)26(30)32)24-13-17-12-18(27)8-10-22(17)36-24/h3-15H,1-2H3. The topological polar surface area (TPSA) is 113 Å². The smallest absolute Gasteiger partial charge is 0.311 e. The number of nitrogens with zero attached hydrogens (tertiary/aromatic N) is 4. The lowest BCUT2D eigenvalue weighted by Crippen LogP contribution is -2.20. The molecule has 0 unspecified atom stereocenters. The van der Waals surface area contributed by atoms with Gasteiger partial charge in [-0.25, -0.2) is 4.98 Å². The first-order valence-corrected chi connectivity index (χ1v) is 11.4. The highest BCUT2D eigenvalue weighted by atomic mass is 35.5. The number of nitro benzene ring substituents is 1. The summed E-state index contributed by atoms with van der Waals surface area (Å²) in [5.41, 5.74) is 0.836. The van der Waals surface area contributed by atoms with Crippen molar-refractivity contribution in [3.8, 4) is 17.3 Å². The summed E-state index contributed by atoms with van der Waals surface area (Å²) in [5.74, 6) is 0.647. The third-order valence-corrected chi connectivity index (χ3v) is 5.55. The average Bonchev–Trinajstić information content (AvgIpc) is 3.26. The zero-order chi connectivity index (χ0) is 25.4. The Morgan fingerprint density at radius 1 is 1.14 bits per heavy atom. The van der Waals surface area contributed by atoms with Gasteiger partial charge < -0.3 is 9.15 Å². The molecule has 9 nitrogen and oxygen atoms in total. The van der Waals surface area contributed by atoms with Crippen LogP contribution >= 0.6 is 11.6 Å². The van der Waals surface area contributed by atoms with Crippen LogP contribution in [-0.4, -0.2) is 26.9 Å². The molecule has 0 saturated carbocycles. The number of aromatic nitrogens is 2. The van der Waals surface area contributed by atoms with Gasteiger partial charge in [0.05, 0.1) is 28.1 Å². The Bertz CT molecular complexity index is 1720. The van der Waals surface area contributed by atoms with Crippen molar-refractivity contribution in [2.45, 2.75) is 20.0 Å². The van der Waals surface area contributed by atoms with Crippen LogP contribution in [0.25, 0.3) is 33.5 Å². The van der Waals surface area contributed by atoms with E-state index in [1.54, 1.807) is 68.4 Å². The normalized spacial score (nSPS) is 11.7. The highest BCUT2D eigenvalue weighted by Gasteiger charge is 2.18. The molecule has 2 aromatic heterocycles. The third kappa shape index (κ3) is 4.44. The van der Waals surface area contributed by atoms with Crippen molar-refractivity contribution in [1.82, 2.24) is 9.66 Å². The molecular formula is C26H19ClN4O5. The van der Waals surface area contributed by atoms with Crippen LogP contribution < -0.4 is 10.3 Å². The van der Waals surface area contributed by atoms with Gasteiger partial charge >= 0.3 is 5.69 Å². The Morgan fingerprint density at radius 2 is 1.94 bits per heavy atom. The summed E-state index contributed by atoms with van der Waals surface area (Å²) < 4.78 is 12.6. The van der Waals surface area contributed by atoms with Gasteiger partial charge in [0.2, 0.25) is 5.82 Å². The van der Waals surface area contributed by atoms with E-state index in [2.05, 4.69) is 10.1 Å². The minimum atomic E-state index is -0.524. The molecular weight excluding hydrogens is 484 g/mol. The molecule has 180 valence electrons. The second-order valence-electron chi connectivity index (χ2n) is 8.26. The monoisotopic (exact) mass is 502 g/mol. The Morgan fingerprint density at radius 3 is 2.72 bits per heavy atom. The van der Waals surface area contributed by atoms with Gasteiger partial charge in [0.15, 0.2) is 11.5 Å². The maximum atomic E-state index is 13.4. The maximum absolute atomic E-state index is 13.4. The van der Waals surface area contributed by atoms with Crippen LogP contribution in [0.1, 0.15) is 19.4 Å². The molecule has 0 N–H and O–H groups in total. The zero-order valence-electron chi connectivity index (χ0n) is 19.2. The molecule has 5 aromatic rings. The molecule has 36 heavy (non-hydrogen) atoms. The van der Waals surface area contributed by atoms with Crippen molar-refractivity contribution in [1.29, 1.82) is 0 Å². The summed E-state index contributed by atoms with van der Waals surface area (Å²) in [5, 5.41) is 17.6. The first-order chi connectivity index (χ1) is 17.3. The Kier molecular flexibility index (Phi) is 5.99. The molecule has 0 amide bonds. The molecule has 0 bridgehead atoms. The Balaban J connectivity index is 1.66. The number of hydrogen-bond donors (Lipinski definition) is 0. The number of nitro groups is 1. The van der Waals surface area contributed by atoms with Crippen molar-refractivity contribution in [3.63, 3.8) is 0 Å². The van der Waals surface area contributed by atoms with E-state index in [1.807, 2.05) is 0 Å². The number of furan rings is 1. The minimum absolute atomic E-state index is 0.151. The fraction of sp³-hybridized carbons (Fsp3) is 0.115. The van der Waals surface area contributed by atoms with Gasteiger partial charge in [-0.3, -0.25) is 14.9 Å². The molecule has 5 rings (SSSR count). The lowest BCUT2D eigenvalue weighted by molar-refractivity contribution is -0.386. The van der Waals surface area contributed by atoms with E-state index >= 15 is 0 Å². The van der Waals surface area contributed by atoms with Gasteiger partial charge in [0.1, 0.15) is 5.58 Å². The summed E-state index contributed by atoms with van der Waals surface area (Å²) in [6.45, 7) is 3.57. The molecule has 0 aliphatic carbocycles. The summed E-state index contributed by atoms with van der Waals surface area (Å²) >= 11 is 6.11. The largest absolute Gasteiger partial charge is 0.484 e. The second-order valence-corrected chi connectivity index (χ2v) is 8.69. The molecule has 0 saturated heterocycles. The summed E-state index contributed by atoms with van der Waals surface area (Å²) in [6, 6.07) is 18.3. The zero-order valence-corrected chi connectivity index (χ0v) is 20.0. The fourth-order valence-corrected chi connectivity index (χ4v) is 3.93. The Labute approximate surface area is 209 Å². The lowest BCUT2D eigenvalue weighted by Gasteiger charge is -2.10. The molecule has 3 aromatic carbocycles. The summed E-state index contributed by atoms with van der Waals surface area (Å²) in [6.07, 6.45) is 1.12. The lowest BCUT2D eigenvalue weighted by atomic mass is 10.2. The van der Waals surface area contributed by atoms with Crippen LogP contribution in [0.5, 0.6) is 5.75 Å². The Hall–Kier alpha value is -4.50. The molecule has 0 spiro atoms. The summed E-state index contributed by atoms with van der Waals surface area (Å²) in [7, 11) is 0. The van der Waals surface area contributed by atoms with Gasteiger partial charge in [-0.15, -0.1) is 0 Å². The number of ether oxygens (including phenoxy) is 1. The van der Waals surface area contributed by atoms with E-state index in [4.69, 9.17) is 20.8 Å². The molecule has 0 aliphatic rings. The highest BCUT2D eigenvalue weighted by Crippen LogP contribution is 2.30. The molecule has 10 heteroatoms. The number of fused-ring (bicyclic) bond motifs is 2. The van der Waals surface area contributed by atoms with E-state index in [0.717, 1.165) is 10.1 Å². The van der Waals surface area contributed by atoms with Gasteiger partial charge in [-0.1, -0.05) is 23.7 Å². The van der Waals surface area contributed by atoms with Gasteiger partial charge in [0.25, 0.3) is 5.56 Å². The van der Waals surface area contributed by atoms with Crippen LogP contribution in [0, 0.1) is 10.1 Å². The molecule has 0 atom stereocenters. The van der Waals surface area contributed by atoms with Crippen LogP contribution in [0.15, 0.2) is 81.0 Å². The van der Waals surface area contributed by atoms with E-state index in [0.29, 0.717) is 32.8 Å². The van der Waals surface area contributed by atoms with Crippen LogP contribution in [0.3, 0.4) is 0 Å². The quantitative estimate of drug-likeness (QED) is 0.159. The highest BCUT2D eigenvalue weighted by molar-refractivity contribution is 6.31. The average molecular weight is 503 g/mol. The van der Waals surface area contributed by atoms with Gasteiger partial charge in [-0.05, 0) is 62.4 Å². The minimum Gasteiger partial charge on any atom is -0.484 e. The van der Waals surface area contributed by atoms with Crippen molar-refractivity contribution in [3.05, 3.63) is 97.8 Å². The van der Waals surface area contributed by atoms with Crippen molar-refractivity contribution in [2.75, 3.05) is 0 Å². The fourth-order valence-electron chi connectivity index (χ4n) is 3.75. The molecule has 0 fully saturated rings. The maximum Gasteiger partial charge on any atom is 0.311 e. The first kappa shape index (κ1) is 23.3.